The minimum absolute atomic E-state index is 0.0126. The van der Waals surface area contributed by atoms with Crippen molar-refractivity contribution < 1.29 is 18.0 Å². The normalized spacial score (nSPS) is 22.9. The molecule has 1 fully saturated rings. The van der Waals surface area contributed by atoms with Gasteiger partial charge in [-0.25, -0.2) is 0 Å². The third-order valence-electron chi connectivity index (χ3n) is 3.83. The van der Waals surface area contributed by atoms with Crippen LogP contribution in [0.4, 0.5) is 13.2 Å². The Hall–Kier alpha value is -1.79. The van der Waals surface area contributed by atoms with E-state index >= 15 is 0 Å². The molecule has 1 aliphatic rings. The first kappa shape index (κ1) is 15.6. The van der Waals surface area contributed by atoms with Crippen molar-refractivity contribution in [3.8, 4) is 0 Å². The van der Waals surface area contributed by atoms with Crippen molar-refractivity contribution in [1.29, 1.82) is 0 Å². The third-order valence-corrected chi connectivity index (χ3v) is 3.83. The van der Waals surface area contributed by atoms with E-state index in [1.165, 1.54) is 6.07 Å². The lowest BCUT2D eigenvalue weighted by Crippen LogP contribution is -2.41. The number of amides is 1. The highest BCUT2D eigenvalue weighted by Crippen LogP contribution is 2.37. The Balaban J connectivity index is 1.94. The maximum Gasteiger partial charge on any atom is 0.391 e. The van der Waals surface area contributed by atoms with Gasteiger partial charge in [0.05, 0.1) is 5.92 Å². The number of pyridine rings is 1. The van der Waals surface area contributed by atoms with Crippen molar-refractivity contribution in [3.05, 3.63) is 33.7 Å². The predicted molar refractivity (Wildman–Crippen MR) is 71.1 cm³/mol. The van der Waals surface area contributed by atoms with E-state index in [1.807, 2.05) is 0 Å². The number of alkyl halides is 3. The molecule has 4 nitrogen and oxygen atoms in total. The minimum Gasteiger partial charge on any atom is -0.349 e. The number of carbonyl (C=O) groups is 1. The van der Waals surface area contributed by atoms with E-state index in [0.717, 1.165) is 0 Å². The van der Waals surface area contributed by atoms with Crippen LogP contribution in [0, 0.1) is 12.8 Å². The number of rotatable bonds is 2. The molecule has 0 bridgehead atoms. The highest BCUT2D eigenvalue weighted by Gasteiger charge is 2.41. The average molecular weight is 302 g/mol. The molecule has 7 heteroatoms. The summed E-state index contributed by atoms with van der Waals surface area (Å²) in [6, 6.07) is 2.72. The molecule has 1 amide bonds. The molecule has 1 aromatic heterocycles. The van der Waals surface area contributed by atoms with E-state index in [0.29, 0.717) is 5.69 Å². The van der Waals surface area contributed by atoms with E-state index in [4.69, 9.17) is 0 Å². The summed E-state index contributed by atoms with van der Waals surface area (Å²) >= 11 is 0. The van der Waals surface area contributed by atoms with Gasteiger partial charge in [0, 0.05) is 11.7 Å². The van der Waals surface area contributed by atoms with Crippen LogP contribution < -0.4 is 10.9 Å². The van der Waals surface area contributed by atoms with Crippen molar-refractivity contribution >= 4 is 5.91 Å². The zero-order valence-electron chi connectivity index (χ0n) is 11.6. The summed E-state index contributed by atoms with van der Waals surface area (Å²) in [6.07, 6.45) is -3.58. The summed E-state index contributed by atoms with van der Waals surface area (Å²) in [7, 11) is 0. The van der Waals surface area contributed by atoms with Crippen molar-refractivity contribution in [2.45, 2.75) is 44.8 Å². The number of hydrogen-bond acceptors (Lipinski definition) is 2. The quantitative estimate of drug-likeness (QED) is 0.882. The van der Waals surface area contributed by atoms with Crippen LogP contribution >= 0.6 is 0 Å². The first-order valence-corrected chi connectivity index (χ1v) is 6.85. The molecule has 2 N–H and O–H groups in total. The molecule has 0 aromatic carbocycles. The van der Waals surface area contributed by atoms with Gasteiger partial charge in [-0.15, -0.1) is 0 Å². The lowest BCUT2D eigenvalue weighted by molar-refractivity contribution is -0.182. The van der Waals surface area contributed by atoms with Crippen LogP contribution in [-0.2, 0) is 0 Å². The number of aromatic amines is 1. The molecule has 21 heavy (non-hydrogen) atoms. The van der Waals surface area contributed by atoms with Crippen LogP contribution in [0.1, 0.15) is 41.7 Å². The number of halogens is 3. The number of hydrogen-bond donors (Lipinski definition) is 2. The fourth-order valence-electron chi connectivity index (χ4n) is 2.58. The second-order valence-electron chi connectivity index (χ2n) is 5.45. The van der Waals surface area contributed by atoms with Gasteiger partial charge in [-0.3, -0.25) is 9.59 Å². The highest BCUT2D eigenvalue weighted by molar-refractivity contribution is 5.93. The van der Waals surface area contributed by atoms with E-state index in [-0.39, 0.29) is 37.3 Å². The molecule has 1 aromatic rings. The fraction of sp³-hybridized carbons (Fsp3) is 0.571. The Morgan fingerprint density at radius 3 is 2.38 bits per heavy atom. The second kappa shape index (κ2) is 5.91. The molecule has 2 rings (SSSR count). The Morgan fingerprint density at radius 1 is 1.24 bits per heavy atom. The minimum atomic E-state index is -4.16. The molecule has 0 saturated heterocycles. The molecule has 0 unspecified atom stereocenters. The number of carbonyl (C=O) groups excluding carboxylic acids is 1. The molecule has 116 valence electrons. The zero-order valence-corrected chi connectivity index (χ0v) is 11.6. The van der Waals surface area contributed by atoms with Crippen LogP contribution in [-0.4, -0.2) is 23.1 Å². The molecule has 1 aliphatic carbocycles. The Bertz CT molecular complexity index is 572. The highest BCUT2D eigenvalue weighted by atomic mass is 19.4. The van der Waals surface area contributed by atoms with Gasteiger partial charge in [-0.2, -0.15) is 13.2 Å². The summed E-state index contributed by atoms with van der Waals surface area (Å²) in [5.41, 5.74) is 0.136. The van der Waals surface area contributed by atoms with Gasteiger partial charge in [0.1, 0.15) is 5.56 Å². The van der Waals surface area contributed by atoms with E-state index in [1.54, 1.807) is 13.0 Å². The Kier molecular flexibility index (Phi) is 4.39. The summed E-state index contributed by atoms with van der Waals surface area (Å²) in [5.74, 6) is -1.82. The van der Waals surface area contributed by atoms with Crippen molar-refractivity contribution in [2.75, 3.05) is 0 Å². The average Bonchev–Trinajstić information content (AvgIpc) is 2.38. The molecule has 0 radical (unpaired) electrons. The summed E-state index contributed by atoms with van der Waals surface area (Å²) in [4.78, 5) is 26.1. The number of nitrogens with one attached hydrogen (secondary N) is 2. The largest absolute Gasteiger partial charge is 0.391 e. The molecule has 0 aliphatic heterocycles. The van der Waals surface area contributed by atoms with Crippen molar-refractivity contribution in [1.82, 2.24) is 10.3 Å². The topological polar surface area (TPSA) is 62.0 Å². The molecule has 1 heterocycles. The van der Waals surface area contributed by atoms with Crippen LogP contribution in [0.3, 0.4) is 0 Å². The Labute approximate surface area is 119 Å². The summed E-state index contributed by atoms with van der Waals surface area (Å²) in [6.45, 7) is 1.70. The fourth-order valence-corrected chi connectivity index (χ4v) is 2.58. The maximum atomic E-state index is 12.6. The SMILES string of the molecule is Cc1ccc(C(=O)NC2CCC(C(F)(F)F)CC2)c(=O)[nH]1. The first-order valence-electron chi connectivity index (χ1n) is 6.85. The third kappa shape index (κ3) is 3.86. The van der Waals surface area contributed by atoms with Gasteiger partial charge < -0.3 is 10.3 Å². The van der Waals surface area contributed by atoms with Crippen LogP contribution in [0.15, 0.2) is 16.9 Å². The van der Waals surface area contributed by atoms with Gasteiger partial charge in [0.25, 0.3) is 11.5 Å². The van der Waals surface area contributed by atoms with Gasteiger partial charge >= 0.3 is 6.18 Å². The van der Waals surface area contributed by atoms with Gasteiger partial charge in [-0.1, -0.05) is 0 Å². The second-order valence-corrected chi connectivity index (χ2v) is 5.45. The lowest BCUT2D eigenvalue weighted by atomic mass is 9.85. The first-order chi connectivity index (χ1) is 9.77. The van der Waals surface area contributed by atoms with Crippen LogP contribution in [0.5, 0.6) is 0 Å². The lowest BCUT2D eigenvalue weighted by Gasteiger charge is -2.30. The number of aromatic nitrogens is 1. The van der Waals surface area contributed by atoms with Gasteiger partial charge in [-0.05, 0) is 44.7 Å². The molecular weight excluding hydrogens is 285 g/mol. The Morgan fingerprint density at radius 2 is 1.86 bits per heavy atom. The summed E-state index contributed by atoms with van der Waals surface area (Å²) < 4.78 is 37.7. The van der Waals surface area contributed by atoms with Gasteiger partial charge in [0.15, 0.2) is 0 Å². The smallest absolute Gasteiger partial charge is 0.349 e. The zero-order chi connectivity index (χ0) is 15.6. The van der Waals surface area contributed by atoms with Crippen LogP contribution in [0.25, 0.3) is 0 Å². The standard InChI is InChI=1S/C14H17F3N2O2/c1-8-2-7-11(12(20)18-8)13(21)19-10-5-3-9(4-6-10)14(15,16)17/h2,7,9-10H,3-6H2,1H3,(H,18,20)(H,19,21). The van der Waals surface area contributed by atoms with Gasteiger partial charge in [0.2, 0.25) is 0 Å². The van der Waals surface area contributed by atoms with Crippen molar-refractivity contribution in [2.24, 2.45) is 5.92 Å². The van der Waals surface area contributed by atoms with E-state index in [9.17, 15) is 22.8 Å². The number of H-pyrrole nitrogens is 1. The number of aryl methyl sites for hydroxylation is 1. The summed E-state index contributed by atoms with van der Waals surface area (Å²) in [5, 5.41) is 2.64. The molecule has 0 atom stereocenters. The molecule has 0 spiro atoms. The predicted octanol–water partition coefficient (Wildman–Crippen LogP) is 2.53. The van der Waals surface area contributed by atoms with E-state index in [2.05, 4.69) is 10.3 Å². The van der Waals surface area contributed by atoms with Crippen LogP contribution in [0.2, 0.25) is 0 Å². The monoisotopic (exact) mass is 302 g/mol. The van der Waals surface area contributed by atoms with E-state index < -0.39 is 23.6 Å². The van der Waals surface area contributed by atoms with Crippen molar-refractivity contribution in [3.63, 3.8) is 0 Å². The maximum absolute atomic E-state index is 12.6. The molecule has 1 saturated carbocycles. The molecular formula is C14H17F3N2O2.